The fraction of sp³-hybridized carbons (Fsp3) is 0.190. The molecule has 5 nitrogen and oxygen atoms in total. The van der Waals surface area contributed by atoms with Gasteiger partial charge in [0, 0.05) is 24.3 Å². The summed E-state index contributed by atoms with van der Waals surface area (Å²) in [6.07, 6.45) is 2.94. The molecule has 2 N–H and O–H groups in total. The molecule has 0 aliphatic carbocycles. The molecule has 28 heavy (non-hydrogen) atoms. The van der Waals surface area contributed by atoms with Crippen LogP contribution in [0.2, 0.25) is 5.02 Å². The number of carbonyl (C=O) groups is 1. The van der Waals surface area contributed by atoms with Crippen LogP contribution in [-0.4, -0.2) is 29.0 Å². The molecule has 7 heteroatoms. The van der Waals surface area contributed by atoms with Crippen molar-refractivity contribution in [1.82, 2.24) is 15.3 Å². The molecule has 0 saturated carbocycles. The Labute approximate surface area is 168 Å². The van der Waals surface area contributed by atoms with Gasteiger partial charge in [-0.1, -0.05) is 35.9 Å². The largest absolute Gasteiger partial charge is 0.354 e. The third-order valence-electron chi connectivity index (χ3n) is 4.11. The van der Waals surface area contributed by atoms with Crippen molar-refractivity contribution in [3.63, 3.8) is 0 Å². The van der Waals surface area contributed by atoms with Crippen molar-refractivity contribution >= 4 is 23.5 Å². The predicted octanol–water partition coefficient (Wildman–Crippen LogP) is 3.90. The quantitative estimate of drug-likeness (QED) is 0.604. The lowest BCUT2D eigenvalue weighted by Crippen LogP contribution is -2.27. The average molecular weight is 399 g/mol. The number of hydrogen-bond acceptors (Lipinski definition) is 4. The molecule has 0 aliphatic rings. The molecule has 1 heterocycles. The normalized spacial score (nSPS) is 10.5. The number of amides is 1. The molecule has 0 bridgehead atoms. The predicted molar refractivity (Wildman–Crippen MR) is 108 cm³/mol. The number of rotatable bonds is 8. The Balaban J connectivity index is 1.46. The number of aromatic nitrogens is 2. The average Bonchev–Trinajstić information content (AvgIpc) is 2.71. The van der Waals surface area contributed by atoms with Gasteiger partial charge in [-0.25, -0.2) is 14.4 Å². The van der Waals surface area contributed by atoms with Crippen molar-refractivity contribution in [3.8, 4) is 0 Å². The van der Waals surface area contributed by atoms with Crippen LogP contribution in [-0.2, 0) is 12.8 Å². The van der Waals surface area contributed by atoms with Crippen molar-refractivity contribution in [2.45, 2.75) is 12.8 Å². The summed E-state index contributed by atoms with van der Waals surface area (Å²) in [5, 5.41) is 6.62. The van der Waals surface area contributed by atoms with Gasteiger partial charge in [-0.3, -0.25) is 4.79 Å². The highest BCUT2D eigenvalue weighted by atomic mass is 35.5. The van der Waals surface area contributed by atoms with E-state index in [2.05, 4.69) is 20.6 Å². The lowest BCUT2D eigenvalue weighted by Gasteiger charge is -2.08. The number of carbonyl (C=O) groups excluding carboxylic acids is 1. The van der Waals surface area contributed by atoms with E-state index >= 15 is 0 Å². The van der Waals surface area contributed by atoms with E-state index in [1.54, 1.807) is 24.4 Å². The highest BCUT2D eigenvalue weighted by Gasteiger charge is 2.08. The molecule has 0 aliphatic heterocycles. The molecule has 0 saturated heterocycles. The molecule has 1 aromatic heterocycles. The molecular formula is C21H20ClFN4O. The van der Waals surface area contributed by atoms with E-state index in [0.29, 0.717) is 42.6 Å². The molecule has 0 fully saturated rings. The molecule has 0 unspecified atom stereocenters. The molecule has 144 valence electrons. The lowest BCUT2D eigenvalue weighted by atomic mass is 10.1. The van der Waals surface area contributed by atoms with E-state index in [9.17, 15) is 9.18 Å². The SMILES string of the molecule is O=C(NCCc1ccc(Cl)cc1)c1ccnc(NCCc2ccc(F)cc2)n1. The Morgan fingerprint density at radius 3 is 2.29 bits per heavy atom. The van der Waals surface area contributed by atoms with Gasteiger partial charge in [0.25, 0.3) is 5.91 Å². The topological polar surface area (TPSA) is 66.9 Å². The van der Waals surface area contributed by atoms with Gasteiger partial charge in [-0.2, -0.15) is 0 Å². The zero-order chi connectivity index (χ0) is 19.8. The van der Waals surface area contributed by atoms with Crippen molar-refractivity contribution in [2.24, 2.45) is 0 Å². The Kier molecular flexibility index (Phi) is 6.92. The summed E-state index contributed by atoms with van der Waals surface area (Å²) in [6.45, 7) is 1.07. The number of halogens is 2. The van der Waals surface area contributed by atoms with Gasteiger partial charge in [0.05, 0.1) is 0 Å². The van der Waals surface area contributed by atoms with Crippen LogP contribution in [0.15, 0.2) is 60.8 Å². The Hall–Kier alpha value is -2.99. The van der Waals surface area contributed by atoms with Crippen LogP contribution in [0, 0.1) is 5.82 Å². The van der Waals surface area contributed by atoms with E-state index in [1.807, 2.05) is 24.3 Å². The zero-order valence-electron chi connectivity index (χ0n) is 15.2. The molecule has 0 spiro atoms. The first-order chi connectivity index (χ1) is 13.6. The second kappa shape index (κ2) is 9.80. The number of anilines is 1. The first-order valence-corrected chi connectivity index (χ1v) is 9.32. The summed E-state index contributed by atoms with van der Waals surface area (Å²) in [5.41, 5.74) is 2.40. The Bertz CT molecular complexity index is 916. The number of benzene rings is 2. The van der Waals surface area contributed by atoms with Gasteiger partial charge in [0.15, 0.2) is 0 Å². The fourth-order valence-electron chi connectivity index (χ4n) is 2.60. The minimum absolute atomic E-state index is 0.252. The van der Waals surface area contributed by atoms with E-state index in [0.717, 1.165) is 11.1 Å². The molecular weight excluding hydrogens is 379 g/mol. The summed E-state index contributed by atoms with van der Waals surface area (Å²) in [4.78, 5) is 20.7. The monoisotopic (exact) mass is 398 g/mol. The molecule has 2 aromatic carbocycles. The summed E-state index contributed by atoms with van der Waals surface area (Å²) in [5.74, 6) is -0.125. The fourth-order valence-corrected chi connectivity index (χ4v) is 2.73. The maximum Gasteiger partial charge on any atom is 0.270 e. The van der Waals surface area contributed by atoms with Crippen LogP contribution < -0.4 is 10.6 Å². The Morgan fingerprint density at radius 1 is 0.929 bits per heavy atom. The minimum Gasteiger partial charge on any atom is -0.354 e. The van der Waals surface area contributed by atoms with Gasteiger partial charge < -0.3 is 10.6 Å². The number of hydrogen-bond donors (Lipinski definition) is 2. The number of nitrogens with one attached hydrogen (secondary N) is 2. The van der Waals surface area contributed by atoms with Crippen LogP contribution in [0.3, 0.4) is 0 Å². The van der Waals surface area contributed by atoms with E-state index in [4.69, 9.17) is 11.6 Å². The van der Waals surface area contributed by atoms with Crippen LogP contribution >= 0.6 is 11.6 Å². The van der Waals surface area contributed by atoms with Crippen molar-refractivity contribution in [3.05, 3.63) is 88.5 Å². The maximum absolute atomic E-state index is 12.9. The molecule has 0 atom stereocenters. The summed E-state index contributed by atoms with van der Waals surface area (Å²) >= 11 is 5.86. The van der Waals surface area contributed by atoms with Crippen LogP contribution in [0.5, 0.6) is 0 Å². The second-order valence-corrected chi connectivity index (χ2v) is 6.64. The van der Waals surface area contributed by atoms with Gasteiger partial charge >= 0.3 is 0 Å². The third-order valence-corrected chi connectivity index (χ3v) is 4.36. The molecule has 3 aromatic rings. The first-order valence-electron chi connectivity index (χ1n) is 8.94. The summed E-state index contributed by atoms with van der Waals surface area (Å²) < 4.78 is 12.9. The summed E-state index contributed by atoms with van der Waals surface area (Å²) in [7, 11) is 0. The van der Waals surface area contributed by atoms with E-state index in [-0.39, 0.29) is 11.7 Å². The van der Waals surface area contributed by atoms with Gasteiger partial charge in [-0.15, -0.1) is 0 Å². The van der Waals surface area contributed by atoms with Crippen molar-refractivity contribution < 1.29 is 9.18 Å². The third kappa shape index (κ3) is 6.03. The van der Waals surface area contributed by atoms with Gasteiger partial charge in [-0.05, 0) is 54.3 Å². The van der Waals surface area contributed by atoms with Crippen LogP contribution in [0.1, 0.15) is 21.6 Å². The molecule has 3 rings (SSSR count). The lowest BCUT2D eigenvalue weighted by molar-refractivity contribution is 0.0949. The smallest absolute Gasteiger partial charge is 0.270 e. The van der Waals surface area contributed by atoms with Crippen molar-refractivity contribution in [2.75, 3.05) is 18.4 Å². The van der Waals surface area contributed by atoms with Crippen molar-refractivity contribution in [1.29, 1.82) is 0 Å². The van der Waals surface area contributed by atoms with Gasteiger partial charge in [0.2, 0.25) is 5.95 Å². The second-order valence-electron chi connectivity index (χ2n) is 6.20. The van der Waals surface area contributed by atoms with Gasteiger partial charge in [0.1, 0.15) is 11.5 Å². The van der Waals surface area contributed by atoms with E-state index in [1.165, 1.54) is 12.1 Å². The Morgan fingerprint density at radius 2 is 1.57 bits per heavy atom. The molecule has 1 amide bonds. The maximum atomic E-state index is 12.9. The standard InChI is InChI=1S/C21H20ClFN4O/c22-17-5-1-15(2-6-17)9-12-24-20(28)19-11-14-26-21(27-19)25-13-10-16-3-7-18(23)8-4-16/h1-8,11,14H,9-10,12-13H2,(H,24,28)(H,25,26,27). The highest BCUT2D eigenvalue weighted by Crippen LogP contribution is 2.10. The highest BCUT2D eigenvalue weighted by molar-refractivity contribution is 6.30. The minimum atomic E-state index is -0.255. The summed E-state index contributed by atoms with van der Waals surface area (Å²) in [6, 6.07) is 15.4. The molecule has 0 radical (unpaired) electrons. The zero-order valence-corrected chi connectivity index (χ0v) is 15.9. The van der Waals surface area contributed by atoms with Crippen LogP contribution in [0.25, 0.3) is 0 Å². The first kappa shape index (κ1) is 19.8. The van der Waals surface area contributed by atoms with E-state index < -0.39 is 0 Å². The van der Waals surface area contributed by atoms with Crippen LogP contribution in [0.4, 0.5) is 10.3 Å². The number of nitrogens with zero attached hydrogens (tertiary/aromatic N) is 2.